The van der Waals surface area contributed by atoms with Gasteiger partial charge in [0.1, 0.15) is 9.73 Å². The van der Waals surface area contributed by atoms with Gasteiger partial charge >= 0.3 is 0 Å². The standard InChI is InChI=1S/C20H19NOS2/c1-16-10-9-11-17(2)20(16)23-21-24(22,18-12-5-3-6-13-18)19-14-7-4-8-15-19/h3-15H,1-2H3. The fourth-order valence-corrected chi connectivity index (χ4v) is 5.62. The molecule has 4 heteroatoms. The maximum absolute atomic E-state index is 13.8. The summed E-state index contributed by atoms with van der Waals surface area (Å²) in [7, 11) is -2.69. The highest BCUT2D eigenvalue weighted by molar-refractivity contribution is 8.07. The Balaban J connectivity index is 2.14. The van der Waals surface area contributed by atoms with Crippen LogP contribution in [0.1, 0.15) is 11.1 Å². The second kappa shape index (κ2) is 7.24. The fourth-order valence-electron chi connectivity index (χ4n) is 2.46. The molecule has 0 fully saturated rings. The molecule has 0 atom stereocenters. The Hall–Kier alpha value is -2.04. The normalized spacial score (nSPS) is 11.2. The summed E-state index contributed by atoms with van der Waals surface area (Å²) in [5.74, 6) is 0. The van der Waals surface area contributed by atoms with E-state index in [1.807, 2.05) is 66.7 Å². The highest BCUT2D eigenvalue weighted by Gasteiger charge is 2.16. The lowest BCUT2D eigenvalue weighted by molar-refractivity contribution is 0.677. The van der Waals surface area contributed by atoms with Crippen molar-refractivity contribution in [2.45, 2.75) is 28.5 Å². The Kier molecular flexibility index (Phi) is 5.07. The Bertz CT molecular complexity index is 878. The highest BCUT2D eigenvalue weighted by Crippen LogP contribution is 2.32. The molecule has 0 saturated carbocycles. The number of hydrogen-bond acceptors (Lipinski definition) is 3. The van der Waals surface area contributed by atoms with Crippen LogP contribution in [0.4, 0.5) is 0 Å². The number of rotatable bonds is 4. The van der Waals surface area contributed by atoms with E-state index in [0.717, 1.165) is 25.8 Å². The SMILES string of the molecule is Cc1cccc(C)c1SN=S(=O)(c1ccccc1)c1ccccc1. The molecule has 0 N–H and O–H groups in total. The zero-order valence-electron chi connectivity index (χ0n) is 13.7. The van der Waals surface area contributed by atoms with Gasteiger partial charge in [-0.05, 0) is 49.2 Å². The predicted molar refractivity (Wildman–Crippen MR) is 102 cm³/mol. The molecular weight excluding hydrogens is 334 g/mol. The Morgan fingerprint density at radius 3 is 1.62 bits per heavy atom. The quantitative estimate of drug-likeness (QED) is 0.547. The van der Waals surface area contributed by atoms with E-state index in [-0.39, 0.29) is 0 Å². The summed E-state index contributed by atoms with van der Waals surface area (Å²) in [4.78, 5) is 2.53. The molecule has 3 rings (SSSR count). The minimum absolute atomic E-state index is 0.731. The molecule has 0 heterocycles. The van der Waals surface area contributed by atoms with Gasteiger partial charge in [-0.2, -0.15) is 3.77 Å². The van der Waals surface area contributed by atoms with Crippen molar-refractivity contribution in [1.82, 2.24) is 0 Å². The molecule has 0 aliphatic rings. The first kappa shape index (κ1) is 16.8. The molecule has 0 aromatic heterocycles. The van der Waals surface area contributed by atoms with Gasteiger partial charge < -0.3 is 0 Å². The van der Waals surface area contributed by atoms with Crippen LogP contribution >= 0.6 is 11.9 Å². The van der Waals surface area contributed by atoms with E-state index in [1.165, 1.54) is 11.9 Å². The third-order valence-electron chi connectivity index (χ3n) is 3.77. The first-order valence-corrected chi connectivity index (χ1v) is 10.00. The van der Waals surface area contributed by atoms with Crippen LogP contribution in [0.2, 0.25) is 0 Å². The van der Waals surface area contributed by atoms with Crippen LogP contribution in [-0.2, 0) is 9.73 Å². The van der Waals surface area contributed by atoms with Gasteiger partial charge in [0.25, 0.3) is 0 Å². The van der Waals surface area contributed by atoms with Crippen molar-refractivity contribution >= 4 is 21.7 Å². The summed E-state index contributed by atoms with van der Waals surface area (Å²) in [5, 5.41) is 0. The zero-order valence-corrected chi connectivity index (χ0v) is 15.3. The molecule has 3 aromatic rings. The van der Waals surface area contributed by atoms with Crippen LogP contribution in [0.3, 0.4) is 0 Å². The molecule has 24 heavy (non-hydrogen) atoms. The minimum atomic E-state index is -2.69. The van der Waals surface area contributed by atoms with Gasteiger partial charge in [0.2, 0.25) is 0 Å². The third kappa shape index (κ3) is 3.40. The third-order valence-corrected chi connectivity index (χ3v) is 7.55. The van der Waals surface area contributed by atoms with Crippen LogP contribution in [0.25, 0.3) is 0 Å². The molecule has 2 nitrogen and oxygen atoms in total. The molecule has 0 aliphatic carbocycles. The molecule has 122 valence electrons. The lowest BCUT2D eigenvalue weighted by atomic mass is 10.2. The number of benzene rings is 3. The van der Waals surface area contributed by atoms with Crippen LogP contribution in [0.15, 0.2) is 97.3 Å². The summed E-state index contributed by atoms with van der Waals surface area (Å²) < 4.78 is 18.4. The van der Waals surface area contributed by atoms with Crippen LogP contribution < -0.4 is 0 Å². The van der Waals surface area contributed by atoms with Crippen molar-refractivity contribution < 1.29 is 4.21 Å². The molecule has 3 aromatic carbocycles. The fraction of sp³-hybridized carbons (Fsp3) is 0.100. The predicted octanol–water partition coefficient (Wildman–Crippen LogP) is 5.90. The van der Waals surface area contributed by atoms with E-state index in [2.05, 4.69) is 29.7 Å². The van der Waals surface area contributed by atoms with E-state index in [1.54, 1.807) is 0 Å². The second-order valence-corrected chi connectivity index (χ2v) is 8.72. The Morgan fingerprint density at radius 2 is 1.17 bits per heavy atom. The van der Waals surface area contributed by atoms with Crippen LogP contribution in [0, 0.1) is 13.8 Å². The van der Waals surface area contributed by atoms with Crippen molar-refractivity contribution in [3.05, 3.63) is 90.0 Å². The van der Waals surface area contributed by atoms with Gasteiger partial charge in [-0.3, -0.25) is 0 Å². The van der Waals surface area contributed by atoms with E-state index < -0.39 is 9.73 Å². The Labute approximate surface area is 148 Å². The van der Waals surface area contributed by atoms with E-state index in [9.17, 15) is 4.21 Å². The monoisotopic (exact) mass is 353 g/mol. The lowest BCUT2D eigenvalue weighted by Gasteiger charge is -2.12. The average Bonchev–Trinajstić information content (AvgIpc) is 2.62. The van der Waals surface area contributed by atoms with Gasteiger partial charge in [-0.15, -0.1) is 0 Å². The van der Waals surface area contributed by atoms with Gasteiger partial charge in [-0.25, -0.2) is 4.21 Å². The topological polar surface area (TPSA) is 29.4 Å². The van der Waals surface area contributed by atoms with Crippen molar-refractivity contribution in [3.8, 4) is 0 Å². The average molecular weight is 354 g/mol. The molecule has 0 amide bonds. The highest BCUT2D eigenvalue weighted by atomic mass is 32.2. The summed E-state index contributed by atoms with van der Waals surface area (Å²) in [5.41, 5.74) is 2.29. The molecule has 0 bridgehead atoms. The van der Waals surface area contributed by atoms with Gasteiger partial charge in [0, 0.05) is 16.8 Å². The molecule has 0 aliphatic heterocycles. The van der Waals surface area contributed by atoms with Gasteiger partial charge in [0.05, 0.1) is 9.79 Å². The second-order valence-electron chi connectivity index (χ2n) is 5.54. The summed E-state index contributed by atoms with van der Waals surface area (Å²) in [6, 6.07) is 25.1. The van der Waals surface area contributed by atoms with Crippen LogP contribution in [0.5, 0.6) is 0 Å². The number of hydrogen-bond donors (Lipinski definition) is 0. The minimum Gasteiger partial charge on any atom is -0.239 e. The molecule has 0 radical (unpaired) electrons. The van der Waals surface area contributed by atoms with Crippen molar-refractivity contribution in [3.63, 3.8) is 0 Å². The van der Waals surface area contributed by atoms with Crippen molar-refractivity contribution in [2.24, 2.45) is 3.77 Å². The summed E-state index contributed by atoms with van der Waals surface area (Å²) in [6.45, 7) is 4.11. The molecule has 0 spiro atoms. The zero-order chi connectivity index (χ0) is 17.0. The smallest absolute Gasteiger partial charge is 0.115 e. The first-order chi connectivity index (χ1) is 11.6. The summed E-state index contributed by atoms with van der Waals surface area (Å²) in [6.07, 6.45) is 0. The van der Waals surface area contributed by atoms with Crippen LogP contribution in [-0.4, -0.2) is 4.21 Å². The van der Waals surface area contributed by atoms with Crippen molar-refractivity contribution in [1.29, 1.82) is 0 Å². The van der Waals surface area contributed by atoms with Gasteiger partial charge in [-0.1, -0.05) is 54.6 Å². The van der Waals surface area contributed by atoms with Gasteiger partial charge in [0.15, 0.2) is 0 Å². The number of aryl methyl sites for hydroxylation is 2. The molecular formula is C20H19NOS2. The van der Waals surface area contributed by atoms with E-state index in [0.29, 0.717) is 0 Å². The summed E-state index contributed by atoms with van der Waals surface area (Å²) >= 11 is 1.32. The maximum atomic E-state index is 13.8. The largest absolute Gasteiger partial charge is 0.239 e. The maximum Gasteiger partial charge on any atom is 0.115 e. The van der Waals surface area contributed by atoms with E-state index in [4.69, 9.17) is 0 Å². The molecule has 0 unspecified atom stereocenters. The molecule has 0 saturated heterocycles. The van der Waals surface area contributed by atoms with E-state index >= 15 is 0 Å². The van der Waals surface area contributed by atoms with Crippen molar-refractivity contribution in [2.75, 3.05) is 0 Å². The Morgan fingerprint density at radius 1 is 0.708 bits per heavy atom. The number of nitrogens with zero attached hydrogens (tertiary/aromatic N) is 1. The lowest BCUT2D eigenvalue weighted by Crippen LogP contribution is -2.01. The first-order valence-electron chi connectivity index (χ1n) is 7.71.